The molecule has 7 nitrogen and oxygen atoms in total. The minimum absolute atomic E-state index is 0.0281. The van der Waals surface area contributed by atoms with Crippen molar-refractivity contribution in [2.45, 2.75) is 11.8 Å². The smallest absolute Gasteiger partial charge is 0.256 e. The number of fused-ring (bicyclic) bond motifs is 1. The van der Waals surface area contributed by atoms with Gasteiger partial charge < -0.3 is 10.1 Å². The number of rotatable bonds is 6. The first-order valence-electron chi connectivity index (χ1n) is 9.93. The molecule has 0 unspecified atom stereocenters. The molecule has 0 spiro atoms. The lowest BCUT2D eigenvalue weighted by Gasteiger charge is -2.13. The van der Waals surface area contributed by atoms with Crippen molar-refractivity contribution in [2.75, 3.05) is 11.9 Å². The van der Waals surface area contributed by atoms with E-state index in [0.29, 0.717) is 40.2 Å². The molecule has 32 heavy (non-hydrogen) atoms. The number of anilines is 1. The second-order valence-electron chi connectivity index (χ2n) is 7.02. The van der Waals surface area contributed by atoms with Gasteiger partial charge in [0.25, 0.3) is 5.91 Å². The summed E-state index contributed by atoms with van der Waals surface area (Å²) in [6.07, 6.45) is 0. The predicted molar refractivity (Wildman–Crippen MR) is 124 cm³/mol. The third-order valence-electron chi connectivity index (χ3n) is 4.86. The van der Waals surface area contributed by atoms with Gasteiger partial charge in [0.15, 0.2) is 0 Å². The highest BCUT2D eigenvalue weighted by molar-refractivity contribution is 7.89. The number of benzene rings is 3. The molecule has 0 aliphatic heterocycles. The zero-order valence-electron chi connectivity index (χ0n) is 17.3. The Morgan fingerprint density at radius 1 is 1.00 bits per heavy atom. The molecular formula is C24H21N3O4S. The van der Waals surface area contributed by atoms with Gasteiger partial charge in [-0.2, -0.15) is 0 Å². The number of carbonyl (C=O) groups is 1. The molecule has 4 aromatic rings. The molecule has 0 atom stereocenters. The number of aromatic nitrogens is 1. The maximum absolute atomic E-state index is 13.2. The lowest BCUT2D eigenvalue weighted by atomic mass is 10.0. The number of amides is 1. The van der Waals surface area contributed by atoms with Crippen LogP contribution in [0.1, 0.15) is 17.3 Å². The lowest BCUT2D eigenvalue weighted by Crippen LogP contribution is -2.14. The molecule has 0 bridgehead atoms. The number of carbonyl (C=O) groups excluding carboxylic acids is 1. The average molecular weight is 448 g/mol. The van der Waals surface area contributed by atoms with E-state index < -0.39 is 10.0 Å². The normalized spacial score (nSPS) is 11.3. The monoisotopic (exact) mass is 447 g/mol. The molecule has 0 radical (unpaired) electrons. The van der Waals surface area contributed by atoms with Gasteiger partial charge in [0, 0.05) is 16.6 Å². The van der Waals surface area contributed by atoms with Crippen molar-refractivity contribution in [1.82, 2.24) is 4.98 Å². The van der Waals surface area contributed by atoms with Crippen LogP contribution in [0.2, 0.25) is 0 Å². The SMILES string of the molecule is CCOc1ccccc1-c1cc(C(=O)Nc2ccc(S(N)(=O)=O)cc2)c2ccccc2n1. The molecular weight excluding hydrogens is 426 g/mol. The predicted octanol–water partition coefficient (Wildman–Crippen LogP) is 4.20. The van der Waals surface area contributed by atoms with E-state index in [1.807, 2.05) is 55.5 Å². The van der Waals surface area contributed by atoms with Gasteiger partial charge in [0.2, 0.25) is 10.0 Å². The zero-order valence-corrected chi connectivity index (χ0v) is 18.1. The number of ether oxygens (including phenoxy) is 1. The van der Waals surface area contributed by atoms with E-state index in [9.17, 15) is 13.2 Å². The minimum Gasteiger partial charge on any atom is -0.493 e. The fraction of sp³-hybridized carbons (Fsp3) is 0.0833. The number of sulfonamides is 1. The Hall–Kier alpha value is -3.75. The van der Waals surface area contributed by atoms with E-state index in [1.54, 1.807) is 6.07 Å². The molecule has 1 aromatic heterocycles. The Balaban J connectivity index is 1.76. The molecule has 8 heteroatoms. The molecule has 0 saturated carbocycles. The van der Waals surface area contributed by atoms with Crippen LogP contribution in [-0.2, 0) is 10.0 Å². The number of hydrogen-bond acceptors (Lipinski definition) is 5. The van der Waals surface area contributed by atoms with Crippen LogP contribution >= 0.6 is 0 Å². The summed E-state index contributed by atoms with van der Waals surface area (Å²) in [5.41, 5.74) is 2.95. The second kappa shape index (κ2) is 8.78. The van der Waals surface area contributed by atoms with Crippen molar-refractivity contribution >= 4 is 32.5 Å². The topological polar surface area (TPSA) is 111 Å². The number of para-hydroxylation sites is 2. The van der Waals surface area contributed by atoms with Gasteiger partial charge in [-0.25, -0.2) is 18.5 Å². The van der Waals surface area contributed by atoms with Crippen LogP contribution in [0.3, 0.4) is 0 Å². The molecule has 162 valence electrons. The van der Waals surface area contributed by atoms with Crippen LogP contribution in [0, 0.1) is 0 Å². The highest BCUT2D eigenvalue weighted by Crippen LogP contribution is 2.32. The summed E-state index contributed by atoms with van der Waals surface area (Å²) in [4.78, 5) is 17.9. The van der Waals surface area contributed by atoms with Crippen molar-refractivity contribution in [1.29, 1.82) is 0 Å². The summed E-state index contributed by atoms with van der Waals surface area (Å²) >= 11 is 0. The first kappa shape index (κ1) is 21.5. The fourth-order valence-corrected chi connectivity index (χ4v) is 3.90. The third-order valence-corrected chi connectivity index (χ3v) is 5.79. The maximum atomic E-state index is 13.2. The number of nitrogens with zero attached hydrogens (tertiary/aromatic N) is 1. The van der Waals surface area contributed by atoms with E-state index in [0.717, 1.165) is 5.56 Å². The van der Waals surface area contributed by atoms with Gasteiger partial charge in [-0.1, -0.05) is 30.3 Å². The van der Waals surface area contributed by atoms with Crippen LogP contribution in [0.15, 0.2) is 83.8 Å². The molecule has 0 aliphatic carbocycles. The highest BCUT2D eigenvalue weighted by atomic mass is 32.2. The van der Waals surface area contributed by atoms with Crippen molar-refractivity contribution in [2.24, 2.45) is 5.14 Å². The van der Waals surface area contributed by atoms with Gasteiger partial charge in [-0.05, 0) is 55.5 Å². The van der Waals surface area contributed by atoms with Crippen molar-refractivity contribution < 1.29 is 17.9 Å². The first-order chi connectivity index (χ1) is 15.4. The van der Waals surface area contributed by atoms with Crippen molar-refractivity contribution in [3.63, 3.8) is 0 Å². The molecule has 0 saturated heterocycles. The first-order valence-corrected chi connectivity index (χ1v) is 11.5. The maximum Gasteiger partial charge on any atom is 0.256 e. The summed E-state index contributed by atoms with van der Waals surface area (Å²) in [7, 11) is -3.81. The average Bonchev–Trinajstić information content (AvgIpc) is 2.78. The van der Waals surface area contributed by atoms with Gasteiger partial charge in [-0.3, -0.25) is 4.79 Å². The van der Waals surface area contributed by atoms with Crippen LogP contribution in [0.25, 0.3) is 22.2 Å². The third kappa shape index (κ3) is 4.46. The van der Waals surface area contributed by atoms with Gasteiger partial charge in [0.1, 0.15) is 5.75 Å². The van der Waals surface area contributed by atoms with Gasteiger partial charge >= 0.3 is 0 Å². The number of primary sulfonamides is 1. The van der Waals surface area contributed by atoms with Gasteiger partial charge in [0.05, 0.1) is 28.3 Å². The van der Waals surface area contributed by atoms with E-state index >= 15 is 0 Å². The molecule has 1 amide bonds. The van der Waals surface area contributed by atoms with Crippen LogP contribution in [-0.4, -0.2) is 25.9 Å². The summed E-state index contributed by atoms with van der Waals surface area (Å²) in [6, 6.07) is 22.3. The summed E-state index contributed by atoms with van der Waals surface area (Å²) < 4.78 is 28.6. The Morgan fingerprint density at radius 3 is 2.41 bits per heavy atom. The molecule has 3 N–H and O–H groups in total. The number of nitrogens with two attached hydrogens (primary N) is 1. The van der Waals surface area contributed by atoms with Crippen LogP contribution in [0.4, 0.5) is 5.69 Å². The van der Waals surface area contributed by atoms with E-state index in [4.69, 9.17) is 14.9 Å². The lowest BCUT2D eigenvalue weighted by molar-refractivity contribution is 0.102. The second-order valence-corrected chi connectivity index (χ2v) is 8.59. The zero-order chi connectivity index (χ0) is 22.7. The van der Waals surface area contributed by atoms with Crippen LogP contribution < -0.4 is 15.2 Å². The Morgan fingerprint density at radius 2 is 1.69 bits per heavy atom. The molecule has 3 aromatic carbocycles. The van der Waals surface area contributed by atoms with Crippen LogP contribution in [0.5, 0.6) is 5.75 Å². The molecule has 0 aliphatic rings. The number of nitrogens with one attached hydrogen (secondary N) is 1. The minimum atomic E-state index is -3.81. The van der Waals surface area contributed by atoms with E-state index in [1.165, 1.54) is 24.3 Å². The largest absolute Gasteiger partial charge is 0.493 e. The number of pyridine rings is 1. The highest BCUT2D eigenvalue weighted by Gasteiger charge is 2.16. The molecule has 1 heterocycles. The fourth-order valence-electron chi connectivity index (χ4n) is 3.39. The quantitative estimate of drug-likeness (QED) is 0.460. The van der Waals surface area contributed by atoms with Crippen molar-refractivity contribution in [3.8, 4) is 17.0 Å². The standard InChI is InChI=1S/C24H21N3O4S/c1-2-31-23-10-6-4-8-19(23)22-15-20(18-7-3-5-9-21(18)27-22)24(28)26-16-11-13-17(14-12-16)32(25,29)30/h3-15H,2H2,1H3,(H,26,28)(H2,25,29,30). The number of hydrogen-bond donors (Lipinski definition) is 2. The molecule has 0 fully saturated rings. The van der Waals surface area contributed by atoms with E-state index in [2.05, 4.69) is 5.32 Å². The molecule has 4 rings (SSSR count). The van der Waals surface area contributed by atoms with Gasteiger partial charge in [-0.15, -0.1) is 0 Å². The van der Waals surface area contributed by atoms with Crippen molar-refractivity contribution in [3.05, 3.63) is 84.4 Å². The van der Waals surface area contributed by atoms with E-state index in [-0.39, 0.29) is 10.8 Å². The summed E-state index contributed by atoms with van der Waals surface area (Å²) in [5, 5.41) is 8.65. The Bertz CT molecular complexity index is 1400. The Labute approximate surface area is 185 Å². The Kier molecular flexibility index (Phi) is 5.89. The summed E-state index contributed by atoms with van der Waals surface area (Å²) in [6.45, 7) is 2.41. The summed E-state index contributed by atoms with van der Waals surface area (Å²) in [5.74, 6) is 0.338.